The van der Waals surface area contributed by atoms with Crippen molar-refractivity contribution in [3.8, 4) is 57.3 Å². The van der Waals surface area contributed by atoms with E-state index in [2.05, 4.69) is 127 Å². The van der Waals surface area contributed by atoms with Gasteiger partial charge in [0.15, 0.2) is 34.5 Å². The highest BCUT2D eigenvalue weighted by Crippen LogP contribution is 2.66. The smallest absolute Gasteiger partial charge is 0.208 e. The van der Waals surface area contributed by atoms with Crippen LogP contribution in [0, 0.1) is 13.8 Å². The number of hydrogen-bond acceptors (Lipinski definition) is 12. The third kappa shape index (κ3) is 7.80. The van der Waals surface area contributed by atoms with Crippen molar-refractivity contribution in [2.75, 3.05) is 27.3 Å². The topological polar surface area (TPSA) is 243 Å². The number of benzene rings is 3. The van der Waals surface area contributed by atoms with Gasteiger partial charge in [-0.05, 0) is 129 Å². The van der Waals surface area contributed by atoms with E-state index in [0.29, 0.717) is 58.9 Å². The first-order valence-electron chi connectivity index (χ1n) is 19.8. The fourth-order valence-corrected chi connectivity index (χ4v) is 8.78. The van der Waals surface area contributed by atoms with Gasteiger partial charge in [-0.2, -0.15) is 10.4 Å². The lowest BCUT2D eigenvalue weighted by Crippen LogP contribution is -2.27. The summed E-state index contributed by atoms with van der Waals surface area (Å²) in [4.78, 5) is 5.20. The van der Waals surface area contributed by atoms with Crippen molar-refractivity contribution in [2.24, 2.45) is 10.2 Å². The van der Waals surface area contributed by atoms with Crippen LogP contribution in [0.2, 0.25) is 0 Å². The Hall–Kier alpha value is -6.38. The zero-order chi connectivity index (χ0) is 42.5. The molecule has 0 saturated heterocycles. The van der Waals surface area contributed by atoms with Crippen LogP contribution in [-0.2, 0) is 16.2 Å². The van der Waals surface area contributed by atoms with Gasteiger partial charge in [0.25, 0.3) is 0 Å². The molecule has 0 radical (unpaired) electrons. The first-order valence-corrected chi connectivity index (χ1v) is 19.8. The molecule has 1 unspecified atom stereocenters. The molecule has 2 N–H and O–H groups in total. The maximum absolute atomic E-state index is 7.75. The number of methoxy groups -OCH3 is 2. The van der Waals surface area contributed by atoms with Crippen LogP contribution < -0.4 is 18.9 Å². The van der Waals surface area contributed by atoms with E-state index in [9.17, 15) is 0 Å². The molecule has 3 heterocycles. The average Bonchev–Trinajstić information content (AvgIpc) is 4.02. The Morgan fingerprint density at radius 3 is 1.47 bits per heavy atom. The van der Waals surface area contributed by atoms with E-state index in [-0.39, 0.29) is 16.2 Å². The first-order chi connectivity index (χ1) is 28.3. The lowest BCUT2D eigenvalue weighted by molar-refractivity contribution is 0.347. The summed E-state index contributed by atoms with van der Waals surface area (Å²) in [5.41, 5.74) is 23.2. The second kappa shape index (κ2) is 17.2. The molecule has 310 valence electrons. The zero-order valence-electron chi connectivity index (χ0n) is 35.5. The summed E-state index contributed by atoms with van der Waals surface area (Å²) in [5, 5.41) is 36.6. The molecule has 3 aromatic carbocycles. The second-order valence-corrected chi connectivity index (χ2v) is 16.2. The van der Waals surface area contributed by atoms with E-state index in [4.69, 9.17) is 30.0 Å². The minimum absolute atomic E-state index is 0.0909. The lowest BCUT2D eigenvalue weighted by Gasteiger charge is -2.31. The van der Waals surface area contributed by atoms with Crippen LogP contribution in [0.3, 0.4) is 0 Å². The molecular formula is C41H52N14O4. The van der Waals surface area contributed by atoms with Gasteiger partial charge in [-0.25, -0.2) is 0 Å². The predicted octanol–water partition coefficient (Wildman–Crippen LogP) is 10.4. The molecule has 18 heteroatoms. The number of ether oxygens (including phenoxy) is 4. The number of unbranched alkanes of at least 4 members (excludes halogenated alkanes) is 2. The molecule has 18 nitrogen and oxygen atoms in total. The van der Waals surface area contributed by atoms with Crippen LogP contribution in [0.15, 0.2) is 34.5 Å². The number of rotatable bonds is 10. The molecule has 0 fully saturated rings. The highest BCUT2D eigenvalue weighted by Gasteiger charge is 2.57. The van der Waals surface area contributed by atoms with Gasteiger partial charge in [0.2, 0.25) is 11.6 Å². The van der Waals surface area contributed by atoms with Gasteiger partial charge < -0.3 is 18.9 Å². The van der Waals surface area contributed by atoms with E-state index < -0.39 is 0 Å². The molecule has 2 aromatic heterocycles. The molecule has 0 amide bonds. The maximum Gasteiger partial charge on any atom is 0.208 e. The molecule has 0 bridgehead atoms. The Balaban J connectivity index is 0.000000361. The van der Waals surface area contributed by atoms with Crippen molar-refractivity contribution >= 4 is 0 Å². The van der Waals surface area contributed by atoms with Crippen molar-refractivity contribution in [2.45, 2.75) is 110 Å². The monoisotopic (exact) mass is 804 g/mol. The standard InChI is InChI=1S/C33H34N8O4.2C4H9N3/c1-15-16(2)26(30-36-40-41-37-30)28-27(25(15)29-34-38-39-35-29)44-23-10-18-20(12-24(23)45-28)33(14-32(18,5)6)13-31(3,4)17-9-21(42-7)22(43-8)11-19(17)33;2*1-2-3-4-6-7-5/h9-12H,13-14H2,1-8H3,(H,34,35,38,39)(H,36,37,40,41);2*2-4H2,1H3. The highest BCUT2D eigenvalue weighted by atomic mass is 16.6. The summed E-state index contributed by atoms with van der Waals surface area (Å²) < 4.78 is 25.2. The van der Waals surface area contributed by atoms with Crippen molar-refractivity contribution in [3.05, 3.63) is 78.5 Å². The van der Waals surface area contributed by atoms with E-state index in [1.54, 1.807) is 14.2 Å². The third-order valence-corrected chi connectivity index (χ3v) is 11.5. The zero-order valence-corrected chi connectivity index (χ0v) is 35.5. The Bertz CT molecular complexity index is 2380. The number of H-pyrrole nitrogens is 2. The normalized spacial score (nSPS) is 16.8. The Labute approximate surface area is 343 Å². The molecule has 8 rings (SSSR count). The van der Waals surface area contributed by atoms with Crippen molar-refractivity contribution in [1.29, 1.82) is 0 Å². The molecule has 3 aliphatic rings. The summed E-state index contributed by atoms with van der Waals surface area (Å²) in [5.74, 6) is 4.52. The summed E-state index contributed by atoms with van der Waals surface area (Å²) in [6.07, 6.45) is 6.07. The van der Waals surface area contributed by atoms with E-state index in [1.807, 2.05) is 13.8 Å². The molecule has 59 heavy (non-hydrogen) atoms. The summed E-state index contributed by atoms with van der Waals surface area (Å²) in [7, 11) is 3.38. The first kappa shape index (κ1) is 42.2. The minimum atomic E-state index is -0.259. The summed E-state index contributed by atoms with van der Waals surface area (Å²) in [6, 6.07) is 8.66. The number of aromatic amines is 2. The van der Waals surface area contributed by atoms with Crippen molar-refractivity contribution < 1.29 is 18.9 Å². The minimum Gasteiger partial charge on any atom is -0.493 e. The molecule has 5 aromatic rings. The van der Waals surface area contributed by atoms with Crippen LogP contribution >= 0.6 is 0 Å². The molecule has 1 aliphatic heterocycles. The predicted molar refractivity (Wildman–Crippen MR) is 222 cm³/mol. The fraction of sp³-hybridized carbons (Fsp3) is 0.512. The summed E-state index contributed by atoms with van der Waals surface area (Å²) >= 11 is 0. The quantitative estimate of drug-likeness (QED) is 0.0574. The largest absolute Gasteiger partial charge is 0.493 e. The van der Waals surface area contributed by atoms with Crippen molar-refractivity contribution in [1.82, 2.24) is 41.2 Å². The molecular weight excluding hydrogens is 753 g/mol. The number of hydrogen-bond donors (Lipinski definition) is 2. The molecule has 0 saturated carbocycles. The van der Waals surface area contributed by atoms with Gasteiger partial charge in [-0.3, -0.25) is 0 Å². The number of nitrogens with zero attached hydrogens (tertiary/aromatic N) is 12. The van der Waals surface area contributed by atoms with Crippen LogP contribution in [0.1, 0.15) is 113 Å². The van der Waals surface area contributed by atoms with Gasteiger partial charge in [0.05, 0.1) is 25.3 Å². The van der Waals surface area contributed by atoms with Gasteiger partial charge in [0, 0.05) is 28.3 Å². The second-order valence-electron chi connectivity index (χ2n) is 16.2. The number of tetrazole rings is 2. The van der Waals surface area contributed by atoms with Gasteiger partial charge in [-0.15, -0.1) is 20.4 Å². The van der Waals surface area contributed by atoms with Gasteiger partial charge in [-0.1, -0.05) is 64.6 Å². The number of nitrogens with one attached hydrogen (secondary N) is 2. The fourth-order valence-electron chi connectivity index (χ4n) is 8.78. The SMILES string of the molecule is CCCCN=[N+]=[N-].CCCCN=[N+]=[N-].COc1cc2c(cc1OC)C1(CC2(C)C)CC(C)(C)c2cc3c(cc21)Oc1c(c(-c2nn[nH]n2)c(C)c(C)c1-c1nn[nH]n1)O3. The molecule has 2 aliphatic carbocycles. The van der Waals surface area contributed by atoms with E-state index in [0.717, 1.165) is 61.2 Å². The molecule has 1 atom stereocenters. The van der Waals surface area contributed by atoms with Gasteiger partial charge >= 0.3 is 0 Å². The van der Waals surface area contributed by atoms with E-state index in [1.165, 1.54) is 22.3 Å². The maximum atomic E-state index is 7.75. The average molecular weight is 805 g/mol. The number of fused-ring (bicyclic) bond motifs is 6. The van der Waals surface area contributed by atoms with Crippen LogP contribution in [0.5, 0.6) is 34.5 Å². The van der Waals surface area contributed by atoms with Crippen LogP contribution in [0.4, 0.5) is 0 Å². The van der Waals surface area contributed by atoms with E-state index >= 15 is 0 Å². The Morgan fingerprint density at radius 1 is 0.678 bits per heavy atom. The third-order valence-electron chi connectivity index (χ3n) is 11.5. The number of aromatic nitrogens is 8. The number of azide groups is 2. The van der Waals surface area contributed by atoms with Crippen LogP contribution in [-0.4, -0.2) is 68.6 Å². The van der Waals surface area contributed by atoms with Crippen LogP contribution in [0.25, 0.3) is 43.7 Å². The molecule has 1 spiro atoms. The summed E-state index contributed by atoms with van der Waals surface area (Å²) in [6.45, 7) is 18.6. The van der Waals surface area contributed by atoms with Crippen molar-refractivity contribution in [3.63, 3.8) is 0 Å². The lowest BCUT2D eigenvalue weighted by atomic mass is 9.72. The Kier molecular flexibility index (Phi) is 12.3. The van der Waals surface area contributed by atoms with Gasteiger partial charge in [0.1, 0.15) is 0 Å². The highest BCUT2D eigenvalue weighted by molar-refractivity contribution is 5.86. The Morgan fingerprint density at radius 2 is 1.08 bits per heavy atom.